The van der Waals surface area contributed by atoms with Crippen molar-refractivity contribution in [3.63, 3.8) is 0 Å². The molecule has 0 bridgehead atoms. The molecule has 1 aromatic carbocycles. The number of carbonyl (C=O) groups excluding carboxylic acids is 1. The zero-order valence-electron chi connectivity index (χ0n) is 23.5. The van der Waals surface area contributed by atoms with Crippen molar-refractivity contribution in [1.29, 1.82) is 0 Å². The Labute approximate surface area is 239 Å². The van der Waals surface area contributed by atoms with Crippen molar-refractivity contribution in [2.45, 2.75) is 70.9 Å². The van der Waals surface area contributed by atoms with E-state index in [2.05, 4.69) is 45.4 Å². The van der Waals surface area contributed by atoms with Crippen LogP contribution in [0.3, 0.4) is 0 Å². The normalized spacial score (nSPS) is 21.7. The zero-order valence-corrected chi connectivity index (χ0v) is 24.4. The topological polar surface area (TPSA) is 99.2 Å². The SMILES string of the molecule is CC(C)(C)OC(=O)N1CCCC(C2CCC(n3cc(-c4nc(Cc5ccccc5)cs4)c4c(N)ncnc43)C2)C1. The van der Waals surface area contributed by atoms with Gasteiger partial charge in [-0.1, -0.05) is 30.3 Å². The number of ether oxygens (including phenoxy) is 1. The van der Waals surface area contributed by atoms with Crippen LogP contribution >= 0.6 is 11.3 Å². The van der Waals surface area contributed by atoms with E-state index in [1.165, 1.54) is 5.56 Å². The molecule has 0 radical (unpaired) electrons. The summed E-state index contributed by atoms with van der Waals surface area (Å²) in [6.45, 7) is 7.34. The number of rotatable bonds is 5. The minimum absolute atomic E-state index is 0.185. The Bertz CT molecular complexity index is 1490. The van der Waals surface area contributed by atoms with E-state index in [4.69, 9.17) is 20.4 Å². The number of piperidine rings is 1. The lowest BCUT2D eigenvalue weighted by atomic mass is 9.84. The van der Waals surface area contributed by atoms with E-state index in [1.54, 1.807) is 17.7 Å². The minimum atomic E-state index is -0.473. The lowest BCUT2D eigenvalue weighted by Crippen LogP contribution is -2.44. The highest BCUT2D eigenvalue weighted by molar-refractivity contribution is 7.13. The molecule has 2 aliphatic rings. The first-order chi connectivity index (χ1) is 19.2. The number of amides is 1. The predicted octanol–water partition coefficient (Wildman–Crippen LogP) is 6.72. The van der Waals surface area contributed by atoms with Crippen LogP contribution in [0.4, 0.5) is 10.6 Å². The second-order valence-corrected chi connectivity index (χ2v) is 13.1. The van der Waals surface area contributed by atoms with Crippen LogP contribution in [0.5, 0.6) is 0 Å². The molecule has 4 heterocycles. The number of benzene rings is 1. The number of carbonyl (C=O) groups is 1. The van der Waals surface area contributed by atoms with Crippen molar-refractivity contribution in [2.75, 3.05) is 18.8 Å². The molecule has 210 valence electrons. The predicted molar refractivity (Wildman–Crippen MR) is 159 cm³/mol. The summed E-state index contributed by atoms with van der Waals surface area (Å²) in [6, 6.07) is 10.7. The van der Waals surface area contributed by atoms with Gasteiger partial charge in [0.15, 0.2) is 0 Å². The molecule has 3 atom stereocenters. The number of aromatic nitrogens is 4. The highest BCUT2D eigenvalue weighted by Gasteiger charge is 2.37. The van der Waals surface area contributed by atoms with E-state index in [-0.39, 0.29) is 6.09 Å². The fraction of sp³-hybridized carbons (Fsp3) is 0.484. The number of hydrogen-bond donors (Lipinski definition) is 1. The van der Waals surface area contributed by atoms with Crippen molar-refractivity contribution in [3.8, 4) is 10.6 Å². The molecule has 1 aliphatic heterocycles. The van der Waals surface area contributed by atoms with Crippen molar-refractivity contribution in [2.24, 2.45) is 11.8 Å². The van der Waals surface area contributed by atoms with Crippen LogP contribution in [0.15, 0.2) is 48.2 Å². The number of fused-ring (bicyclic) bond motifs is 1. The van der Waals surface area contributed by atoms with Gasteiger partial charge in [0, 0.05) is 42.7 Å². The Morgan fingerprint density at radius 3 is 2.75 bits per heavy atom. The first kappa shape index (κ1) is 26.7. The number of nitrogens with two attached hydrogens (primary N) is 1. The third-order valence-electron chi connectivity index (χ3n) is 8.26. The molecule has 3 aromatic heterocycles. The molecular weight excluding hydrogens is 520 g/mol. The standard InChI is InChI=1S/C31H38N6O2S/c1-31(2,3)39-30(38)36-13-7-10-22(16-36)21-11-12-24(15-21)37-17-25(26-27(32)33-19-34-28(26)37)29-35-23(18-40-29)14-20-8-5-4-6-9-20/h4-6,8-9,17-19,21-22,24H,7,10-16H2,1-3H3,(H2,32,33,34). The van der Waals surface area contributed by atoms with Crippen LogP contribution in [0, 0.1) is 11.8 Å². The van der Waals surface area contributed by atoms with Gasteiger partial charge in [0.25, 0.3) is 0 Å². The quantitative estimate of drug-likeness (QED) is 0.292. The first-order valence-corrected chi connectivity index (χ1v) is 15.2. The average molecular weight is 559 g/mol. The summed E-state index contributed by atoms with van der Waals surface area (Å²) < 4.78 is 7.98. The highest BCUT2D eigenvalue weighted by atomic mass is 32.1. The zero-order chi connectivity index (χ0) is 27.9. The largest absolute Gasteiger partial charge is 0.444 e. The highest BCUT2D eigenvalue weighted by Crippen LogP contribution is 2.45. The molecule has 2 fully saturated rings. The summed E-state index contributed by atoms with van der Waals surface area (Å²) in [4.78, 5) is 28.7. The van der Waals surface area contributed by atoms with Crippen LogP contribution in [0.25, 0.3) is 21.6 Å². The second kappa shape index (κ2) is 10.8. The van der Waals surface area contributed by atoms with Gasteiger partial charge < -0.3 is 19.9 Å². The van der Waals surface area contributed by atoms with E-state index in [1.807, 2.05) is 31.7 Å². The molecule has 0 spiro atoms. The summed E-state index contributed by atoms with van der Waals surface area (Å²) in [6.07, 6.45) is 9.85. The molecule has 1 saturated carbocycles. The van der Waals surface area contributed by atoms with Crippen molar-refractivity contribution < 1.29 is 9.53 Å². The number of thiazole rings is 1. The van der Waals surface area contributed by atoms with Crippen LogP contribution < -0.4 is 5.73 Å². The molecule has 1 saturated heterocycles. The maximum Gasteiger partial charge on any atom is 0.410 e. The fourth-order valence-electron chi connectivity index (χ4n) is 6.43. The molecule has 3 unspecified atom stereocenters. The number of likely N-dealkylation sites (tertiary alicyclic amines) is 1. The second-order valence-electron chi connectivity index (χ2n) is 12.3. The van der Waals surface area contributed by atoms with Gasteiger partial charge in [-0.2, -0.15) is 0 Å². The maximum atomic E-state index is 12.7. The Morgan fingerprint density at radius 2 is 1.95 bits per heavy atom. The Kier molecular flexibility index (Phi) is 7.25. The molecule has 9 heteroatoms. The number of anilines is 1. The maximum absolute atomic E-state index is 12.7. The molecule has 4 aromatic rings. The smallest absolute Gasteiger partial charge is 0.410 e. The minimum Gasteiger partial charge on any atom is -0.444 e. The average Bonchev–Trinajstić information content (AvgIpc) is 3.67. The Hall–Kier alpha value is -3.46. The molecule has 2 N–H and O–H groups in total. The molecule has 1 aliphatic carbocycles. The van der Waals surface area contributed by atoms with Gasteiger partial charge in [0.1, 0.15) is 28.4 Å². The summed E-state index contributed by atoms with van der Waals surface area (Å²) >= 11 is 1.65. The van der Waals surface area contributed by atoms with E-state index >= 15 is 0 Å². The van der Waals surface area contributed by atoms with Gasteiger partial charge >= 0.3 is 6.09 Å². The summed E-state index contributed by atoms with van der Waals surface area (Å²) in [5.74, 6) is 1.55. The van der Waals surface area contributed by atoms with Gasteiger partial charge in [-0.25, -0.2) is 19.7 Å². The fourth-order valence-corrected chi connectivity index (χ4v) is 7.26. The number of nitrogen functional groups attached to an aromatic ring is 1. The number of nitrogens with zero attached hydrogens (tertiary/aromatic N) is 5. The van der Waals surface area contributed by atoms with Crippen LogP contribution in [-0.4, -0.2) is 49.2 Å². The van der Waals surface area contributed by atoms with Gasteiger partial charge in [0.05, 0.1) is 11.1 Å². The summed E-state index contributed by atoms with van der Waals surface area (Å²) in [5, 5.41) is 3.97. The van der Waals surface area contributed by atoms with Crippen LogP contribution in [-0.2, 0) is 11.2 Å². The van der Waals surface area contributed by atoms with E-state index in [9.17, 15) is 4.79 Å². The third kappa shape index (κ3) is 5.57. The molecular formula is C31H38N6O2S. The Morgan fingerprint density at radius 1 is 1.12 bits per heavy atom. The van der Waals surface area contributed by atoms with E-state index in [0.29, 0.717) is 23.7 Å². The van der Waals surface area contributed by atoms with Crippen molar-refractivity contribution in [3.05, 3.63) is 59.5 Å². The van der Waals surface area contributed by atoms with E-state index < -0.39 is 5.60 Å². The molecule has 1 amide bonds. The summed E-state index contributed by atoms with van der Waals surface area (Å²) in [7, 11) is 0. The van der Waals surface area contributed by atoms with Crippen molar-refractivity contribution >= 4 is 34.3 Å². The third-order valence-corrected chi connectivity index (χ3v) is 9.19. The lowest BCUT2D eigenvalue weighted by Gasteiger charge is -2.36. The van der Waals surface area contributed by atoms with Crippen LogP contribution in [0.1, 0.15) is 70.2 Å². The van der Waals surface area contributed by atoms with Gasteiger partial charge in [-0.3, -0.25) is 0 Å². The lowest BCUT2D eigenvalue weighted by molar-refractivity contribution is 0.0130. The first-order valence-electron chi connectivity index (χ1n) is 14.3. The van der Waals surface area contributed by atoms with Crippen LogP contribution in [0.2, 0.25) is 0 Å². The number of hydrogen-bond acceptors (Lipinski definition) is 7. The van der Waals surface area contributed by atoms with Crippen molar-refractivity contribution in [1.82, 2.24) is 24.4 Å². The Balaban J connectivity index is 1.22. The molecule has 8 nitrogen and oxygen atoms in total. The molecule has 40 heavy (non-hydrogen) atoms. The van der Waals surface area contributed by atoms with Gasteiger partial charge in [-0.05, 0) is 70.3 Å². The monoisotopic (exact) mass is 558 g/mol. The van der Waals surface area contributed by atoms with Gasteiger partial charge in [-0.15, -0.1) is 11.3 Å². The summed E-state index contributed by atoms with van der Waals surface area (Å²) in [5.41, 5.74) is 10.1. The molecule has 6 rings (SSSR count). The van der Waals surface area contributed by atoms with Gasteiger partial charge in [0.2, 0.25) is 0 Å². The van der Waals surface area contributed by atoms with E-state index in [0.717, 1.165) is 78.9 Å².